The van der Waals surface area contributed by atoms with E-state index in [1.54, 1.807) is 25.3 Å². The summed E-state index contributed by atoms with van der Waals surface area (Å²) in [5, 5.41) is 10.7. The van der Waals surface area contributed by atoms with Gasteiger partial charge < -0.3 is 18.9 Å². The lowest BCUT2D eigenvalue weighted by atomic mass is 10.2. The fourth-order valence-electron chi connectivity index (χ4n) is 2.03. The molecule has 0 spiro atoms. The normalized spacial score (nSPS) is 16.6. The van der Waals surface area contributed by atoms with Crippen LogP contribution in [-0.4, -0.2) is 57.3 Å². The number of nitrogens with one attached hydrogen (secondary N) is 1. The van der Waals surface area contributed by atoms with Crippen LogP contribution in [0, 0.1) is 0 Å². The first-order valence-corrected chi connectivity index (χ1v) is 9.17. The molecule has 28 heavy (non-hydrogen) atoms. The highest BCUT2D eigenvalue weighted by Crippen LogP contribution is 2.27. The molecule has 1 aromatic carbocycles. The fourth-order valence-corrected chi connectivity index (χ4v) is 2.77. The van der Waals surface area contributed by atoms with Gasteiger partial charge in [0.1, 0.15) is 6.61 Å². The molecule has 0 radical (unpaired) electrons. The third-order valence-electron chi connectivity index (χ3n) is 3.33. The monoisotopic (exact) mass is 407 g/mol. The predicted octanol–water partition coefficient (Wildman–Crippen LogP) is 1.72. The molecule has 2 rings (SSSR count). The van der Waals surface area contributed by atoms with Crippen LogP contribution in [0.25, 0.3) is 0 Å². The minimum Gasteiger partial charge on any atom is -0.493 e. The van der Waals surface area contributed by atoms with Crippen LogP contribution in [0.5, 0.6) is 11.5 Å². The third kappa shape index (κ3) is 6.39. The number of amides is 1. The molecule has 0 bridgehead atoms. The van der Waals surface area contributed by atoms with Gasteiger partial charge in [-0.25, -0.2) is 4.79 Å². The van der Waals surface area contributed by atoms with Gasteiger partial charge in [-0.3, -0.25) is 10.1 Å². The third-order valence-corrected chi connectivity index (χ3v) is 4.23. The van der Waals surface area contributed by atoms with Gasteiger partial charge in [-0.15, -0.1) is 5.10 Å². The van der Waals surface area contributed by atoms with Crippen LogP contribution >= 0.6 is 11.8 Å². The molecule has 1 aliphatic rings. The number of benzene rings is 1. The van der Waals surface area contributed by atoms with E-state index in [1.807, 2.05) is 6.92 Å². The second-order valence-electron chi connectivity index (χ2n) is 5.19. The van der Waals surface area contributed by atoms with Crippen molar-refractivity contribution in [3.05, 3.63) is 34.7 Å². The lowest BCUT2D eigenvalue weighted by Crippen LogP contribution is -2.19. The molecule has 1 aromatic rings. The van der Waals surface area contributed by atoms with Crippen molar-refractivity contribution < 1.29 is 28.5 Å². The van der Waals surface area contributed by atoms with E-state index in [4.69, 9.17) is 14.2 Å². The topological polar surface area (TPSA) is 108 Å². The summed E-state index contributed by atoms with van der Waals surface area (Å²) in [5.41, 5.74) is 0.733. The zero-order chi connectivity index (χ0) is 20.4. The molecule has 1 aliphatic heterocycles. The smallest absolute Gasteiger partial charge is 0.331 e. The van der Waals surface area contributed by atoms with Crippen LogP contribution in [0.3, 0.4) is 0 Å². The summed E-state index contributed by atoms with van der Waals surface area (Å²) in [4.78, 5) is 23.2. The molecule has 0 atom stereocenters. The van der Waals surface area contributed by atoms with Crippen LogP contribution in [0.1, 0.15) is 12.5 Å². The molecule has 0 saturated carbocycles. The highest BCUT2D eigenvalue weighted by molar-refractivity contribution is 8.18. The lowest BCUT2D eigenvalue weighted by molar-refractivity contribution is -0.135. The van der Waals surface area contributed by atoms with Gasteiger partial charge in [-0.1, -0.05) is 0 Å². The van der Waals surface area contributed by atoms with Crippen LogP contribution in [0.2, 0.25) is 0 Å². The number of carbonyl (C=O) groups excluding carboxylic acids is 2. The van der Waals surface area contributed by atoms with E-state index in [2.05, 4.69) is 20.3 Å². The molecule has 150 valence electrons. The Bertz CT molecular complexity index is 807. The average molecular weight is 407 g/mol. The number of methoxy groups -OCH3 is 2. The number of thioether (sulfide) groups is 1. The second kappa shape index (κ2) is 11.1. The largest absolute Gasteiger partial charge is 0.493 e. The van der Waals surface area contributed by atoms with Gasteiger partial charge in [0.15, 0.2) is 16.7 Å². The number of hydrogen-bond acceptors (Lipinski definition) is 9. The van der Waals surface area contributed by atoms with Crippen LogP contribution in [0.15, 0.2) is 39.4 Å². The standard InChI is InChI=1S/C18H21N3O6S/c1-4-26-7-8-27-14-9-12(5-6-13(14)24-2)11-19-21-18-20-17(23)15(28-18)10-16(22)25-3/h5-6,9-11H,4,7-8H2,1-3H3,(H,20,21,23)/b15-10+,19-11?. The zero-order valence-corrected chi connectivity index (χ0v) is 16.6. The molecule has 0 aliphatic carbocycles. The molecule has 1 N–H and O–H groups in total. The minimum absolute atomic E-state index is 0.190. The summed E-state index contributed by atoms with van der Waals surface area (Å²) in [6.45, 7) is 3.41. The van der Waals surface area contributed by atoms with E-state index in [-0.39, 0.29) is 10.1 Å². The molecular formula is C18H21N3O6S. The summed E-state index contributed by atoms with van der Waals surface area (Å²) in [6, 6.07) is 5.31. The number of rotatable bonds is 9. The number of esters is 1. The maximum atomic E-state index is 11.8. The Labute approximate surface area is 166 Å². The Morgan fingerprint density at radius 2 is 2.07 bits per heavy atom. The first-order chi connectivity index (χ1) is 13.6. The van der Waals surface area contributed by atoms with Crippen molar-refractivity contribution in [3.8, 4) is 11.5 Å². The summed E-state index contributed by atoms with van der Waals surface area (Å²) in [6.07, 6.45) is 2.61. The quantitative estimate of drug-likeness (QED) is 0.218. The first kappa shape index (κ1) is 21.5. The Hall–Kier alpha value is -2.85. The van der Waals surface area contributed by atoms with Crippen molar-refractivity contribution in [2.24, 2.45) is 10.2 Å². The molecule has 0 aromatic heterocycles. The van der Waals surface area contributed by atoms with Crippen molar-refractivity contribution in [1.82, 2.24) is 5.32 Å². The molecule has 1 heterocycles. The van der Waals surface area contributed by atoms with Gasteiger partial charge in [-0.2, -0.15) is 5.10 Å². The van der Waals surface area contributed by atoms with Crippen molar-refractivity contribution >= 4 is 35.0 Å². The van der Waals surface area contributed by atoms with Crippen molar-refractivity contribution in [2.45, 2.75) is 6.92 Å². The number of nitrogens with zero attached hydrogens (tertiary/aromatic N) is 2. The summed E-state index contributed by atoms with van der Waals surface area (Å²) >= 11 is 1.000. The van der Waals surface area contributed by atoms with E-state index >= 15 is 0 Å². The SMILES string of the molecule is CCOCCOc1cc(C=N/N=C2/NC(=O)/C(=C\C(=O)OC)S2)ccc1OC. The first-order valence-electron chi connectivity index (χ1n) is 8.35. The molecule has 1 saturated heterocycles. The van der Waals surface area contributed by atoms with Crippen LogP contribution < -0.4 is 14.8 Å². The molecule has 1 amide bonds. The fraction of sp³-hybridized carbons (Fsp3) is 0.333. The van der Waals surface area contributed by atoms with Gasteiger partial charge in [-0.05, 0) is 42.4 Å². The Kier molecular flexibility index (Phi) is 8.50. The Balaban J connectivity index is 2.03. The van der Waals surface area contributed by atoms with Crippen LogP contribution in [0.4, 0.5) is 0 Å². The molecule has 1 fully saturated rings. The maximum Gasteiger partial charge on any atom is 0.331 e. The number of ether oxygens (including phenoxy) is 4. The van der Waals surface area contributed by atoms with E-state index < -0.39 is 11.9 Å². The Morgan fingerprint density at radius 1 is 1.25 bits per heavy atom. The van der Waals surface area contributed by atoms with Gasteiger partial charge in [0.25, 0.3) is 5.91 Å². The highest BCUT2D eigenvalue weighted by Gasteiger charge is 2.24. The van der Waals surface area contributed by atoms with Gasteiger partial charge in [0.2, 0.25) is 0 Å². The second-order valence-corrected chi connectivity index (χ2v) is 6.22. The number of amidine groups is 1. The van der Waals surface area contributed by atoms with Crippen LogP contribution in [-0.2, 0) is 19.1 Å². The minimum atomic E-state index is -0.613. The van der Waals surface area contributed by atoms with Gasteiger partial charge in [0.05, 0.1) is 31.9 Å². The van der Waals surface area contributed by atoms with Gasteiger partial charge >= 0.3 is 5.97 Å². The maximum absolute atomic E-state index is 11.8. The predicted molar refractivity (Wildman–Crippen MR) is 106 cm³/mol. The molecular weight excluding hydrogens is 386 g/mol. The summed E-state index contributed by atoms with van der Waals surface area (Å²) in [7, 11) is 2.80. The molecule has 9 nitrogen and oxygen atoms in total. The van der Waals surface area contributed by atoms with E-state index in [0.717, 1.165) is 23.4 Å². The van der Waals surface area contributed by atoms with E-state index in [0.29, 0.717) is 31.3 Å². The Morgan fingerprint density at radius 3 is 2.79 bits per heavy atom. The molecule has 10 heteroatoms. The van der Waals surface area contributed by atoms with Crippen molar-refractivity contribution in [3.63, 3.8) is 0 Å². The van der Waals surface area contributed by atoms with Crippen molar-refractivity contribution in [2.75, 3.05) is 34.0 Å². The lowest BCUT2D eigenvalue weighted by Gasteiger charge is -2.11. The van der Waals surface area contributed by atoms with Crippen molar-refractivity contribution in [1.29, 1.82) is 0 Å². The highest BCUT2D eigenvalue weighted by atomic mass is 32.2. The van der Waals surface area contributed by atoms with E-state index in [9.17, 15) is 9.59 Å². The van der Waals surface area contributed by atoms with Gasteiger partial charge in [0, 0.05) is 12.7 Å². The summed E-state index contributed by atoms with van der Waals surface area (Å²) in [5.74, 6) is 0.109. The summed E-state index contributed by atoms with van der Waals surface area (Å²) < 4.78 is 20.7. The number of carbonyl (C=O) groups is 2. The number of hydrogen-bond donors (Lipinski definition) is 1. The van der Waals surface area contributed by atoms with E-state index in [1.165, 1.54) is 13.3 Å². The zero-order valence-electron chi connectivity index (χ0n) is 15.8. The molecule has 0 unspecified atom stereocenters. The average Bonchev–Trinajstić information content (AvgIpc) is 3.04.